The molecule has 0 spiro atoms. The molecule has 2 fully saturated rings. The number of aliphatic hydroxyl groups excluding tert-OH is 2. The summed E-state index contributed by atoms with van der Waals surface area (Å²) in [5.41, 5.74) is 4.18. The van der Waals surface area contributed by atoms with Crippen LogP contribution in [0.5, 0.6) is 11.5 Å². The SMILES string of the molecule is CCN1C(C)CC2CNc3c(O)c4c(c(OC(F)(F)F)c3C21)CC1C[C@@H]2C(C(=O)C(C(N)=O)=C(O)[C@H]2N(C)C)C(=O)C1=C4O. The van der Waals surface area contributed by atoms with Gasteiger partial charge in [0.1, 0.15) is 22.8 Å². The fraction of sp³-hybridized carbons (Fsp3) is 0.567. The van der Waals surface area contributed by atoms with Crippen LogP contribution in [0.15, 0.2) is 16.9 Å². The number of rotatable bonds is 4. The number of nitrogens with zero attached hydrogens (tertiary/aromatic N) is 2. The average Bonchev–Trinajstić information content (AvgIpc) is 3.24. The number of anilines is 1. The molecule has 1 amide bonds. The highest BCUT2D eigenvalue weighted by Gasteiger charge is 2.57. The van der Waals surface area contributed by atoms with E-state index in [1.165, 1.54) is 4.90 Å². The van der Waals surface area contributed by atoms with E-state index in [4.69, 9.17) is 10.5 Å². The predicted octanol–water partition coefficient (Wildman–Crippen LogP) is 2.94. The molecule has 44 heavy (non-hydrogen) atoms. The molecule has 2 aliphatic heterocycles. The Morgan fingerprint density at radius 1 is 1.16 bits per heavy atom. The Morgan fingerprint density at radius 3 is 2.43 bits per heavy atom. The summed E-state index contributed by atoms with van der Waals surface area (Å²) in [5.74, 6) is -8.63. The van der Waals surface area contributed by atoms with E-state index >= 15 is 0 Å². The maximum Gasteiger partial charge on any atom is 0.573 e. The van der Waals surface area contributed by atoms with Crippen LogP contribution >= 0.6 is 0 Å². The van der Waals surface area contributed by atoms with Gasteiger partial charge in [0.2, 0.25) is 0 Å². The van der Waals surface area contributed by atoms with Crippen LogP contribution in [0.3, 0.4) is 0 Å². The van der Waals surface area contributed by atoms with Gasteiger partial charge in [0.05, 0.1) is 23.2 Å². The first kappa shape index (κ1) is 30.3. The minimum Gasteiger partial charge on any atom is -0.510 e. The number of likely N-dealkylation sites (N-methyl/N-ethyl adjacent to an activating group) is 1. The van der Waals surface area contributed by atoms with Gasteiger partial charge in [-0.15, -0.1) is 13.2 Å². The summed E-state index contributed by atoms with van der Waals surface area (Å²) in [7, 11) is 3.17. The molecule has 2 heterocycles. The molecule has 1 aromatic rings. The number of nitrogens with one attached hydrogen (secondary N) is 1. The largest absolute Gasteiger partial charge is 0.573 e. The summed E-state index contributed by atoms with van der Waals surface area (Å²) >= 11 is 0. The maximum absolute atomic E-state index is 14.1. The lowest BCUT2D eigenvalue weighted by molar-refractivity contribution is -0.275. The minimum atomic E-state index is -5.10. The maximum atomic E-state index is 14.1. The van der Waals surface area contributed by atoms with Crippen molar-refractivity contribution in [3.05, 3.63) is 33.6 Å². The first-order valence-corrected chi connectivity index (χ1v) is 14.7. The number of phenolic OH excluding ortho intramolecular Hbond substituents is 1. The van der Waals surface area contributed by atoms with Gasteiger partial charge in [0.25, 0.3) is 5.91 Å². The summed E-state index contributed by atoms with van der Waals surface area (Å²) in [5, 5.41) is 37.1. The molecule has 5 unspecified atom stereocenters. The Kier molecular flexibility index (Phi) is 6.96. The van der Waals surface area contributed by atoms with Gasteiger partial charge in [0, 0.05) is 35.3 Å². The fourth-order valence-corrected chi connectivity index (χ4v) is 8.67. The fourth-order valence-electron chi connectivity index (χ4n) is 8.67. The van der Waals surface area contributed by atoms with E-state index in [9.17, 15) is 42.9 Å². The highest BCUT2D eigenvalue weighted by atomic mass is 19.4. The summed E-state index contributed by atoms with van der Waals surface area (Å²) in [4.78, 5) is 43.2. The third kappa shape index (κ3) is 4.20. The zero-order chi connectivity index (χ0) is 32.2. The van der Waals surface area contributed by atoms with Crippen molar-refractivity contribution in [1.29, 1.82) is 0 Å². The topological polar surface area (TPSA) is 166 Å². The van der Waals surface area contributed by atoms with Gasteiger partial charge >= 0.3 is 6.36 Å². The van der Waals surface area contributed by atoms with E-state index in [1.54, 1.807) is 14.1 Å². The molecule has 238 valence electrons. The number of aromatic hydroxyl groups is 1. The number of hydrogen-bond acceptors (Lipinski definition) is 10. The summed E-state index contributed by atoms with van der Waals surface area (Å²) in [6.45, 7) is 4.82. The molecular formula is C30H35F3N4O7. The molecular weight excluding hydrogens is 585 g/mol. The Morgan fingerprint density at radius 2 is 1.84 bits per heavy atom. The Labute approximate surface area is 251 Å². The number of alkyl halides is 3. The van der Waals surface area contributed by atoms with Gasteiger partial charge < -0.3 is 31.1 Å². The molecule has 0 radical (unpaired) electrons. The van der Waals surface area contributed by atoms with Crippen LogP contribution in [0.1, 0.15) is 49.4 Å². The Hall–Kier alpha value is -3.78. The Bertz CT molecular complexity index is 1550. The number of carbonyl (C=O) groups excluding carboxylic acids is 3. The predicted molar refractivity (Wildman–Crippen MR) is 151 cm³/mol. The van der Waals surface area contributed by atoms with Gasteiger partial charge in [-0.05, 0) is 64.6 Å². The zero-order valence-electron chi connectivity index (χ0n) is 24.7. The molecule has 1 saturated carbocycles. The molecule has 1 saturated heterocycles. The molecule has 1 aromatic carbocycles. The van der Waals surface area contributed by atoms with Crippen LogP contribution in [0.2, 0.25) is 0 Å². The second kappa shape index (κ2) is 10.1. The van der Waals surface area contributed by atoms with E-state index in [2.05, 4.69) is 10.2 Å². The van der Waals surface area contributed by atoms with Gasteiger partial charge in [-0.25, -0.2) is 0 Å². The molecule has 7 atom stereocenters. The van der Waals surface area contributed by atoms with Crippen molar-refractivity contribution in [2.75, 3.05) is 32.5 Å². The standard InChI is InChI=1S/C30H35F3N4O7/c1-5-37-10(2)6-12-9-35-20-18(21(12)37)28(44-30(31,32)33)14-8-11-7-13-16(23(38)15(11)24(39)17(14)26(20)41)25(40)19(29(34)43)27(42)22(13)36(3)4/h10-13,16,21-22,35,39,41-42H,5-9H2,1-4H3,(H2,34,43)/t10?,11?,12?,13-,16?,21?,22+/m1/s1. The quantitative estimate of drug-likeness (QED) is 0.192. The summed E-state index contributed by atoms with van der Waals surface area (Å²) in [6.07, 6.45) is -4.59. The third-order valence-corrected chi connectivity index (χ3v) is 10.2. The normalized spacial score (nSPS) is 31.7. The van der Waals surface area contributed by atoms with Crippen molar-refractivity contribution in [3.8, 4) is 11.5 Å². The number of benzene rings is 1. The number of ether oxygens (including phenoxy) is 1. The number of likely N-dealkylation sites (tertiary alicyclic amines) is 1. The number of ketones is 2. The number of nitrogens with two attached hydrogens (primary N) is 1. The van der Waals surface area contributed by atoms with Gasteiger partial charge in [0.15, 0.2) is 17.3 Å². The van der Waals surface area contributed by atoms with Crippen LogP contribution in [-0.2, 0) is 20.8 Å². The molecule has 0 aromatic heterocycles. The van der Waals surface area contributed by atoms with Crippen molar-refractivity contribution < 1.29 is 47.6 Å². The Balaban J connectivity index is 1.57. The van der Waals surface area contributed by atoms with E-state index < -0.39 is 82.3 Å². The van der Waals surface area contributed by atoms with Gasteiger partial charge in [-0.2, -0.15) is 0 Å². The number of Topliss-reactive ketones (excluding diaryl/α,β-unsaturated/α-hetero) is 2. The van der Waals surface area contributed by atoms with E-state index in [1.807, 2.05) is 13.8 Å². The van der Waals surface area contributed by atoms with E-state index in [-0.39, 0.29) is 52.8 Å². The van der Waals surface area contributed by atoms with Crippen molar-refractivity contribution >= 4 is 28.9 Å². The smallest absolute Gasteiger partial charge is 0.510 e. The molecule has 11 nitrogen and oxygen atoms in total. The van der Waals surface area contributed by atoms with Crippen LogP contribution in [-0.4, -0.2) is 88.2 Å². The molecule has 14 heteroatoms. The molecule has 0 bridgehead atoms. The van der Waals surface area contributed by atoms with Crippen LogP contribution in [0, 0.1) is 23.7 Å². The highest BCUT2D eigenvalue weighted by molar-refractivity contribution is 6.28. The molecule has 5 aliphatic rings. The number of allylic oxidation sites excluding steroid dienone is 1. The summed E-state index contributed by atoms with van der Waals surface area (Å²) in [6, 6.07) is -1.40. The lowest BCUT2D eigenvalue weighted by Gasteiger charge is -2.46. The number of amides is 1. The first-order valence-electron chi connectivity index (χ1n) is 14.7. The van der Waals surface area contributed by atoms with Crippen molar-refractivity contribution in [2.24, 2.45) is 29.4 Å². The number of aliphatic hydroxyl groups is 2. The number of halogens is 3. The molecule has 3 aliphatic carbocycles. The van der Waals surface area contributed by atoms with E-state index in [0.29, 0.717) is 19.5 Å². The molecule has 6 rings (SSSR count). The average molecular weight is 621 g/mol. The number of phenols is 1. The molecule has 6 N–H and O–H groups in total. The highest BCUT2D eigenvalue weighted by Crippen LogP contribution is 2.59. The lowest BCUT2D eigenvalue weighted by atomic mass is 9.59. The van der Waals surface area contributed by atoms with Crippen molar-refractivity contribution in [3.63, 3.8) is 0 Å². The van der Waals surface area contributed by atoms with Crippen LogP contribution in [0.25, 0.3) is 5.76 Å². The number of hydrogen-bond donors (Lipinski definition) is 5. The van der Waals surface area contributed by atoms with Crippen molar-refractivity contribution in [1.82, 2.24) is 9.80 Å². The third-order valence-electron chi connectivity index (χ3n) is 10.2. The number of fused-ring (bicyclic) bond motifs is 6. The monoisotopic (exact) mass is 620 g/mol. The minimum absolute atomic E-state index is 0.00561. The number of carbonyl (C=O) groups is 3. The number of primary amides is 1. The zero-order valence-corrected chi connectivity index (χ0v) is 24.7. The lowest BCUT2D eigenvalue weighted by Crippen LogP contribution is -2.55. The van der Waals surface area contributed by atoms with E-state index in [0.717, 1.165) is 0 Å². The van der Waals surface area contributed by atoms with Gasteiger partial charge in [-0.1, -0.05) is 6.92 Å². The first-order chi connectivity index (χ1) is 20.6. The van der Waals surface area contributed by atoms with Crippen LogP contribution < -0.4 is 15.8 Å². The van der Waals surface area contributed by atoms with Crippen molar-refractivity contribution in [2.45, 2.75) is 57.6 Å². The van der Waals surface area contributed by atoms with Gasteiger partial charge in [-0.3, -0.25) is 24.2 Å². The second-order valence-corrected chi connectivity index (χ2v) is 12.7. The van der Waals surface area contributed by atoms with Crippen LogP contribution in [0.4, 0.5) is 18.9 Å². The summed E-state index contributed by atoms with van der Waals surface area (Å²) < 4.78 is 46.9. The second-order valence-electron chi connectivity index (χ2n) is 12.7.